The van der Waals surface area contributed by atoms with Crippen LogP contribution in [0.2, 0.25) is 0 Å². The molecule has 3 rings (SSSR count). The van der Waals surface area contributed by atoms with Crippen molar-refractivity contribution in [2.45, 2.75) is 19.0 Å². The summed E-state index contributed by atoms with van der Waals surface area (Å²) in [6.07, 6.45) is 2.37. The van der Waals surface area contributed by atoms with E-state index < -0.39 is 34.1 Å². The molecule has 2 aromatic heterocycles. The fourth-order valence-corrected chi connectivity index (χ4v) is 2.68. The first-order valence-electron chi connectivity index (χ1n) is 8.38. The molecule has 0 fully saturated rings. The Kier molecular flexibility index (Phi) is 5.41. The lowest BCUT2D eigenvalue weighted by molar-refractivity contribution is -0.384. The number of nitrogens with two attached hydrogens (primary N) is 1. The van der Waals surface area contributed by atoms with Crippen LogP contribution in [0.3, 0.4) is 0 Å². The lowest BCUT2D eigenvalue weighted by Gasteiger charge is -2.08. The average Bonchev–Trinajstić information content (AvgIpc) is 3.15. The molecule has 14 heteroatoms. The topological polar surface area (TPSA) is 219 Å². The van der Waals surface area contributed by atoms with Crippen molar-refractivity contribution >= 4 is 28.7 Å². The predicted octanol–water partition coefficient (Wildman–Crippen LogP) is -0.967. The van der Waals surface area contributed by atoms with Crippen LogP contribution in [0.1, 0.15) is 11.3 Å². The first kappa shape index (κ1) is 20.4. The van der Waals surface area contributed by atoms with Crippen LogP contribution in [0.5, 0.6) is 0 Å². The van der Waals surface area contributed by atoms with Gasteiger partial charge in [0.25, 0.3) is 5.69 Å². The van der Waals surface area contributed by atoms with E-state index >= 15 is 0 Å². The minimum absolute atomic E-state index is 0.0330. The number of nitrogens with zero attached hydrogens (tertiary/aromatic N) is 3. The molecule has 156 valence electrons. The molecule has 1 atom stereocenters. The number of aromatic amines is 2. The summed E-state index contributed by atoms with van der Waals surface area (Å²) in [5.74, 6) is -1.21. The quantitative estimate of drug-likeness (QED) is 0.189. The van der Waals surface area contributed by atoms with Crippen LogP contribution < -0.4 is 22.2 Å². The Hall–Kier alpha value is -4.33. The standard InChI is InChI=1S/C16H15N7O7/c17-10(15(26)27)2-8-5-22(6-19-8)16(28)18-4-7-1-9(23(29)30)3-11-12(7)21-14(25)13(24)20-11/h1,3,5-6,10H,2,4,17H2,(H,18,28)(H,20,24)(H,21,25)(H,26,27)/t10-/m0/s1. The summed E-state index contributed by atoms with van der Waals surface area (Å²) < 4.78 is 1.05. The van der Waals surface area contributed by atoms with E-state index in [1.54, 1.807) is 0 Å². The molecule has 1 amide bonds. The number of nitro groups is 1. The smallest absolute Gasteiger partial charge is 0.327 e. The third kappa shape index (κ3) is 4.22. The van der Waals surface area contributed by atoms with E-state index in [0.717, 1.165) is 23.0 Å². The Morgan fingerprint density at radius 3 is 2.67 bits per heavy atom. The molecule has 0 spiro atoms. The van der Waals surface area contributed by atoms with E-state index in [0.29, 0.717) is 0 Å². The Morgan fingerprint density at radius 2 is 2.00 bits per heavy atom. The number of carbonyl (C=O) groups excluding carboxylic acids is 1. The number of imidazole rings is 1. The minimum Gasteiger partial charge on any atom is -0.480 e. The van der Waals surface area contributed by atoms with E-state index in [9.17, 15) is 29.3 Å². The zero-order valence-electron chi connectivity index (χ0n) is 15.1. The van der Waals surface area contributed by atoms with Gasteiger partial charge in [-0.05, 0) is 0 Å². The van der Waals surface area contributed by atoms with Crippen molar-refractivity contribution in [2.24, 2.45) is 5.73 Å². The summed E-state index contributed by atoms with van der Waals surface area (Å²) in [7, 11) is 0. The molecular formula is C16H15N7O7. The fourth-order valence-electron chi connectivity index (χ4n) is 2.68. The molecule has 0 bridgehead atoms. The number of non-ortho nitro benzene ring substituents is 1. The monoisotopic (exact) mass is 417 g/mol. The summed E-state index contributed by atoms with van der Waals surface area (Å²) in [6.45, 7) is -0.221. The number of aromatic nitrogens is 4. The molecule has 0 unspecified atom stereocenters. The molecule has 0 aliphatic rings. The summed E-state index contributed by atoms with van der Waals surface area (Å²) in [6, 6.07) is 0.407. The minimum atomic E-state index is -1.21. The summed E-state index contributed by atoms with van der Waals surface area (Å²) in [5, 5.41) is 22.5. The number of carboxylic acid groups (broad SMARTS) is 1. The highest BCUT2D eigenvalue weighted by molar-refractivity contribution is 5.82. The number of benzene rings is 1. The van der Waals surface area contributed by atoms with Crippen molar-refractivity contribution in [1.29, 1.82) is 0 Å². The molecule has 6 N–H and O–H groups in total. The molecule has 0 radical (unpaired) electrons. The van der Waals surface area contributed by atoms with Crippen molar-refractivity contribution in [2.75, 3.05) is 0 Å². The molecule has 0 aliphatic carbocycles. The second-order valence-corrected chi connectivity index (χ2v) is 6.27. The fraction of sp³-hybridized carbons (Fsp3) is 0.188. The van der Waals surface area contributed by atoms with Gasteiger partial charge in [0, 0.05) is 36.9 Å². The Morgan fingerprint density at radius 1 is 1.30 bits per heavy atom. The third-order valence-electron chi connectivity index (χ3n) is 4.16. The maximum absolute atomic E-state index is 12.3. The van der Waals surface area contributed by atoms with E-state index in [1.807, 2.05) is 0 Å². The molecule has 14 nitrogen and oxygen atoms in total. The van der Waals surface area contributed by atoms with Gasteiger partial charge < -0.3 is 26.1 Å². The number of carbonyl (C=O) groups is 2. The zero-order chi connectivity index (χ0) is 22.0. The van der Waals surface area contributed by atoms with Crippen LogP contribution in [0.25, 0.3) is 11.0 Å². The SMILES string of the molecule is N[C@@H](Cc1cn(C(=O)NCc2cc([N+](=O)[O-])cc3[nH]c(=O)c(=O)[nH]c23)cn1)C(=O)O. The van der Waals surface area contributed by atoms with Gasteiger partial charge in [-0.25, -0.2) is 9.78 Å². The molecule has 2 heterocycles. The van der Waals surface area contributed by atoms with E-state index in [1.165, 1.54) is 6.20 Å². The van der Waals surface area contributed by atoms with Gasteiger partial charge in [0.15, 0.2) is 0 Å². The Bertz CT molecular complexity index is 1270. The molecule has 0 saturated carbocycles. The molecule has 30 heavy (non-hydrogen) atoms. The normalized spacial score (nSPS) is 11.9. The third-order valence-corrected chi connectivity index (χ3v) is 4.16. The van der Waals surface area contributed by atoms with Gasteiger partial charge in [-0.1, -0.05) is 0 Å². The number of amides is 1. The highest BCUT2D eigenvalue weighted by Crippen LogP contribution is 2.21. The summed E-state index contributed by atoms with van der Waals surface area (Å²) in [5.41, 5.74) is 3.79. The molecule has 0 aliphatic heterocycles. The van der Waals surface area contributed by atoms with Crippen molar-refractivity contribution in [1.82, 2.24) is 24.8 Å². The first-order chi connectivity index (χ1) is 14.2. The largest absolute Gasteiger partial charge is 0.480 e. The number of nitro benzene ring substituents is 1. The van der Waals surface area contributed by atoms with Gasteiger partial charge in [-0.3, -0.25) is 29.1 Å². The Balaban J connectivity index is 1.84. The Labute approximate surface area is 165 Å². The van der Waals surface area contributed by atoms with Crippen LogP contribution >= 0.6 is 0 Å². The van der Waals surface area contributed by atoms with Crippen LogP contribution in [0.15, 0.2) is 34.2 Å². The number of H-pyrrole nitrogens is 2. The van der Waals surface area contributed by atoms with Gasteiger partial charge in [-0.2, -0.15) is 0 Å². The van der Waals surface area contributed by atoms with Crippen LogP contribution in [0.4, 0.5) is 10.5 Å². The summed E-state index contributed by atoms with van der Waals surface area (Å²) in [4.78, 5) is 65.2. The maximum atomic E-state index is 12.3. The van der Waals surface area contributed by atoms with Crippen molar-refractivity contribution in [3.05, 3.63) is 66.7 Å². The summed E-state index contributed by atoms with van der Waals surface area (Å²) >= 11 is 0. The number of aliphatic carboxylic acids is 1. The van der Waals surface area contributed by atoms with Crippen molar-refractivity contribution < 1.29 is 19.6 Å². The number of fused-ring (bicyclic) bond motifs is 1. The van der Waals surface area contributed by atoms with Crippen LogP contribution in [-0.2, 0) is 17.8 Å². The predicted molar refractivity (Wildman–Crippen MR) is 101 cm³/mol. The number of carboxylic acids is 1. The van der Waals surface area contributed by atoms with Crippen LogP contribution in [-0.4, -0.2) is 47.6 Å². The first-order valence-corrected chi connectivity index (χ1v) is 8.38. The molecule has 1 aromatic carbocycles. The molecular weight excluding hydrogens is 402 g/mol. The zero-order valence-corrected chi connectivity index (χ0v) is 15.1. The molecule has 0 saturated heterocycles. The lowest BCUT2D eigenvalue weighted by atomic mass is 10.1. The van der Waals surface area contributed by atoms with E-state index in [2.05, 4.69) is 20.3 Å². The highest BCUT2D eigenvalue weighted by atomic mass is 16.6. The lowest BCUT2D eigenvalue weighted by Crippen LogP contribution is -2.32. The van der Waals surface area contributed by atoms with Gasteiger partial charge in [0.1, 0.15) is 12.4 Å². The second-order valence-electron chi connectivity index (χ2n) is 6.27. The van der Waals surface area contributed by atoms with Crippen molar-refractivity contribution in [3.63, 3.8) is 0 Å². The van der Waals surface area contributed by atoms with Crippen LogP contribution in [0, 0.1) is 10.1 Å². The van der Waals surface area contributed by atoms with E-state index in [-0.39, 0.29) is 40.9 Å². The van der Waals surface area contributed by atoms with Crippen molar-refractivity contribution in [3.8, 4) is 0 Å². The highest BCUT2D eigenvalue weighted by Gasteiger charge is 2.17. The van der Waals surface area contributed by atoms with Gasteiger partial charge in [-0.15, -0.1) is 0 Å². The maximum Gasteiger partial charge on any atom is 0.327 e. The number of hydrogen-bond donors (Lipinski definition) is 5. The number of rotatable bonds is 6. The van der Waals surface area contributed by atoms with Gasteiger partial charge in [0.2, 0.25) is 0 Å². The molecule has 3 aromatic rings. The van der Waals surface area contributed by atoms with Gasteiger partial charge >= 0.3 is 23.1 Å². The average molecular weight is 417 g/mol. The van der Waals surface area contributed by atoms with Gasteiger partial charge in [0.05, 0.1) is 21.7 Å². The second kappa shape index (κ2) is 7.96. The number of nitrogens with one attached hydrogen (secondary N) is 3. The number of hydrogen-bond acceptors (Lipinski definition) is 8. The van der Waals surface area contributed by atoms with E-state index in [4.69, 9.17) is 10.8 Å².